The lowest BCUT2D eigenvalue weighted by Crippen LogP contribution is -2.55. The summed E-state index contributed by atoms with van der Waals surface area (Å²) in [5.74, 6) is 0.278. The van der Waals surface area contributed by atoms with E-state index in [4.69, 9.17) is 0 Å². The summed E-state index contributed by atoms with van der Waals surface area (Å²) in [4.78, 5) is 19.5. The van der Waals surface area contributed by atoms with Crippen molar-refractivity contribution in [2.24, 2.45) is 5.92 Å². The lowest BCUT2D eigenvalue weighted by molar-refractivity contribution is -0.137. The van der Waals surface area contributed by atoms with Crippen LogP contribution in [0.15, 0.2) is 54.7 Å². The van der Waals surface area contributed by atoms with E-state index >= 15 is 0 Å². The van der Waals surface area contributed by atoms with Crippen LogP contribution >= 0.6 is 0 Å². The minimum absolute atomic E-state index is 0.0736. The maximum absolute atomic E-state index is 12.8. The van der Waals surface area contributed by atoms with E-state index in [9.17, 15) is 18.0 Å². The molecule has 2 aromatic carbocycles. The van der Waals surface area contributed by atoms with Crippen molar-refractivity contribution in [3.63, 3.8) is 0 Å². The fraction of sp³-hybridized carbons (Fsp3) is 0.333. The summed E-state index contributed by atoms with van der Waals surface area (Å²) in [5, 5.41) is 3.82. The molecule has 1 saturated heterocycles. The number of para-hydroxylation sites is 1. The van der Waals surface area contributed by atoms with Crippen LogP contribution in [-0.4, -0.2) is 41.5 Å². The van der Waals surface area contributed by atoms with Gasteiger partial charge in [-0.25, -0.2) is 0 Å². The van der Waals surface area contributed by atoms with Gasteiger partial charge in [-0.2, -0.15) is 13.2 Å². The number of nitrogens with zero attached hydrogens (tertiary/aromatic N) is 2. The lowest BCUT2D eigenvalue weighted by atomic mass is 9.92. The molecule has 162 valence electrons. The quantitative estimate of drug-likeness (QED) is 0.624. The number of hydrogen-bond acceptors (Lipinski definition) is 3. The van der Waals surface area contributed by atoms with Crippen molar-refractivity contribution in [2.45, 2.75) is 26.1 Å². The van der Waals surface area contributed by atoms with Gasteiger partial charge < -0.3 is 10.2 Å². The smallest absolute Gasteiger partial charge is 0.349 e. The maximum Gasteiger partial charge on any atom is 0.416 e. The van der Waals surface area contributed by atoms with Gasteiger partial charge in [-0.15, -0.1) is 0 Å². The first kappa shape index (κ1) is 21.3. The lowest BCUT2D eigenvalue weighted by Gasteiger charge is -2.42. The normalized spacial score (nSPS) is 16.2. The number of carbonyl (C=O) groups is 1. The van der Waals surface area contributed by atoms with Crippen LogP contribution in [0.5, 0.6) is 0 Å². The Morgan fingerprint density at radius 3 is 2.55 bits per heavy atom. The average molecular weight is 427 g/mol. The highest BCUT2D eigenvalue weighted by Crippen LogP contribution is 2.33. The zero-order valence-electron chi connectivity index (χ0n) is 17.4. The minimum atomic E-state index is -4.37. The molecule has 0 unspecified atom stereocenters. The third-order valence-corrected chi connectivity index (χ3v) is 5.99. The molecule has 4 nitrogen and oxygen atoms in total. The number of fused-ring (bicyclic) bond motifs is 1. The number of halogens is 3. The van der Waals surface area contributed by atoms with Gasteiger partial charge in [0, 0.05) is 42.2 Å². The van der Waals surface area contributed by atoms with Crippen molar-refractivity contribution in [3.8, 4) is 11.1 Å². The van der Waals surface area contributed by atoms with Crippen LogP contribution in [0.2, 0.25) is 0 Å². The molecule has 1 N–H and O–H groups in total. The van der Waals surface area contributed by atoms with Gasteiger partial charge in [0.05, 0.1) is 16.6 Å². The average Bonchev–Trinajstić information content (AvgIpc) is 2.71. The Bertz CT molecular complexity index is 1090. The Labute approximate surface area is 179 Å². The second-order valence-electron chi connectivity index (χ2n) is 8.05. The number of aromatic nitrogens is 1. The minimum Gasteiger partial charge on any atom is -0.349 e. The van der Waals surface area contributed by atoms with E-state index < -0.39 is 11.7 Å². The predicted octanol–water partition coefficient (Wildman–Crippen LogP) is 4.99. The Balaban J connectivity index is 1.55. The molecule has 1 fully saturated rings. The molecule has 0 bridgehead atoms. The molecule has 0 radical (unpaired) electrons. The third kappa shape index (κ3) is 4.42. The standard InChI is InChI=1S/C24H24F3N3O/c1-3-30-13-19(14-30)15(2)29-23(31)18-11-17-5-4-6-21(22(17)28-12-18)16-7-9-20(10-8-16)24(25,26)27/h4-12,15,19H,3,13-14H2,1-2H3,(H,29,31)/t15-/m1/s1. The monoisotopic (exact) mass is 427 g/mol. The van der Waals surface area contributed by atoms with Crippen LogP contribution in [0.3, 0.4) is 0 Å². The summed E-state index contributed by atoms with van der Waals surface area (Å²) in [6.07, 6.45) is -2.85. The second kappa shape index (κ2) is 8.30. The van der Waals surface area contributed by atoms with Crippen molar-refractivity contribution < 1.29 is 18.0 Å². The van der Waals surface area contributed by atoms with Gasteiger partial charge in [0.1, 0.15) is 0 Å². The molecule has 1 amide bonds. The van der Waals surface area contributed by atoms with Crippen LogP contribution in [0.1, 0.15) is 29.8 Å². The van der Waals surface area contributed by atoms with E-state index in [1.165, 1.54) is 18.3 Å². The molecule has 1 aromatic heterocycles. The molecular formula is C24H24F3N3O. The molecule has 1 aliphatic rings. The molecule has 31 heavy (non-hydrogen) atoms. The second-order valence-corrected chi connectivity index (χ2v) is 8.05. The number of benzene rings is 2. The van der Waals surface area contributed by atoms with Gasteiger partial charge in [-0.3, -0.25) is 9.78 Å². The van der Waals surface area contributed by atoms with Gasteiger partial charge in [0.15, 0.2) is 0 Å². The van der Waals surface area contributed by atoms with Crippen molar-refractivity contribution in [1.82, 2.24) is 15.2 Å². The van der Waals surface area contributed by atoms with E-state index in [1.807, 2.05) is 25.1 Å². The topological polar surface area (TPSA) is 45.2 Å². The highest BCUT2D eigenvalue weighted by molar-refractivity contribution is 6.00. The molecule has 3 aromatic rings. The van der Waals surface area contributed by atoms with Crippen molar-refractivity contribution in [2.75, 3.05) is 19.6 Å². The summed E-state index contributed by atoms with van der Waals surface area (Å²) < 4.78 is 38.5. The molecule has 0 aliphatic carbocycles. The predicted molar refractivity (Wildman–Crippen MR) is 115 cm³/mol. The summed E-state index contributed by atoms with van der Waals surface area (Å²) >= 11 is 0. The number of likely N-dealkylation sites (tertiary alicyclic amines) is 1. The van der Waals surface area contributed by atoms with Crippen LogP contribution in [0.4, 0.5) is 13.2 Å². The maximum atomic E-state index is 12.8. The first-order valence-electron chi connectivity index (χ1n) is 10.4. The molecule has 0 saturated carbocycles. The number of rotatable bonds is 5. The van der Waals surface area contributed by atoms with Gasteiger partial charge >= 0.3 is 6.18 Å². The van der Waals surface area contributed by atoms with Crippen LogP contribution in [0.25, 0.3) is 22.0 Å². The van der Waals surface area contributed by atoms with E-state index in [0.29, 0.717) is 22.6 Å². The SMILES string of the molecule is CCN1CC([C@@H](C)NC(=O)c2cnc3c(-c4ccc(C(F)(F)F)cc4)cccc3c2)C1. The molecule has 1 aliphatic heterocycles. The zero-order chi connectivity index (χ0) is 22.2. The van der Waals surface area contributed by atoms with Crippen molar-refractivity contribution >= 4 is 16.8 Å². The molecule has 7 heteroatoms. The summed E-state index contributed by atoms with van der Waals surface area (Å²) in [5.41, 5.74) is 1.79. The molecule has 0 spiro atoms. The summed E-state index contributed by atoms with van der Waals surface area (Å²) in [6, 6.07) is 12.3. The largest absolute Gasteiger partial charge is 0.416 e. The number of hydrogen-bond donors (Lipinski definition) is 1. The summed E-state index contributed by atoms with van der Waals surface area (Å²) in [7, 11) is 0. The van der Waals surface area contributed by atoms with E-state index in [2.05, 4.69) is 22.1 Å². The Morgan fingerprint density at radius 1 is 1.19 bits per heavy atom. The molecule has 2 heterocycles. The number of carbonyl (C=O) groups excluding carboxylic acids is 1. The summed E-state index contributed by atoms with van der Waals surface area (Å²) in [6.45, 7) is 7.15. The Morgan fingerprint density at radius 2 is 1.90 bits per heavy atom. The third-order valence-electron chi connectivity index (χ3n) is 5.99. The van der Waals surface area contributed by atoms with Crippen molar-refractivity contribution in [1.29, 1.82) is 0 Å². The van der Waals surface area contributed by atoms with Gasteiger partial charge in [0.25, 0.3) is 5.91 Å². The van der Waals surface area contributed by atoms with E-state index in [-0.39, 0.29) is 11.9 Å². The fourth-order valence-electron chi connectivity index (χ4n) is 3.95. The molecule has 4 rings (SSSR count). The number of nitrogens with one attached hydrogen (secondary N) is 1. The number of alkyl halides is 3. The number of amides is 1. The van der Waals surface area contributed by atoms with Crippen LogP contribution in [-0.2, 0) is 6.18 Å². The zero-order valence-corrected chi connectivity index (χ0v) is 17.4. The fourth-order valence-corrected chi connectivity index (χ4v) is 3.95. The van der Waals surface area contributed by atoms with Gasteiger partial charge in [-0.05, 0) is 37.2 Å². The van der Waals surface area contributed by atoms with Gasteiger partial charge in [-0.1, -0.05) is 37.3 Å². The number of pyridine rings is 1. The van der Waals surface area contributed by atoms with Gasteiger partial charge in [0.2, 0.25) is 0 Å². The Kier molecular flexibility index (Phi) is 5.71. The molecule has 1 atom stereocenters. The highest BCUT2D eigenvalue weighted by Gasteiger charge is 2.31. The van der Waals surface area contributed by atoms with Crippen LogP contribution < -0.4 is 5.32 Å². The molecular weight excluding hydrogens is 403 g/mol. The van der Waals surface area contributed by atoms with E-state index in [1.54, 1.807) is 6.07 Å². The highest BCUT2D eigenvalue weighted by atomic mass is 19.4. The Hall–Kier alpha value is -2.93. The first-order chi connectivity index (χ1) is 14.8. The van der Waals surface area contributed by atoms with E-state index in [0.717, 1.165) is 42.7 Å². The van der Waals surface area contributed by atoms with Crippen LogP contribution in [0, 0.1) is 5.92 Å². The first-order valence-corrected chi connectivity index (χ1v) is 10.4. The van der Waals surface area contributed by atoms with Crippen molar-refractivity contribution in [3.05, 3.63) is 65.9 Å².